The Balaban J connectivity index is 2.13. The standard InChI is InChI=1S/C14H25N3O2/c1-14(8-4-5-9-14)13(18)17(10-12(15)16-19)11-6-2-3-7-11/h11,19H,2-10H2,1H3,(H2,15,16). The second-order valence-corrected chi connectivity index (χ2v) is 6.23. The average Bonchev–Trinajstić information content (AvgIpc) is 3.06. The van der Waals surface area contributed by atoms with Crippen molar-refractivity contribution in [3.05, 3.63) is 0 Å². The monoisotopic (exact) mass is 267 g/mol. The zero-order valence-corrected chi connectivity index (χ0v) is 11.8. The van der Waals surface area contributed by atoms with Crippen LogP contribution in [0.15, 0.2) is 5.16 Å². The van der Waals surface area contributed by atoms with Crippen LogP contribution in [0.5, 0.6) is 0 Å². The van der Waals surface area contributed by atoms with Gasteiger partial charge in [0, 0.05) is 11.5 Å². The first-order chi connectivity index (χ1) is 9.07. The summed E-state index contributed by atoms with van der Waals surface area (Å²) >= 11 is 0. The first-order valence-corrected chi connectivity index (χ1v) is 7.34. The molecule has 0 aromatic carbocycles. The molecule has 0 bridgehead atoms. The van der Waals surface area contributed by atoms with Crippen LogP contribution in [0.2, 0.25) is 0 Å². The number of hydrogen-bond donors (Lipinski definition) is 2. The molecule has 0 aliphatic heterocycles. The van der Waals surface area contributed by atoms with Gasteiger partial charge in [-0.2, -0.15) is 0 Å². The number of amidine groups is 1. The smallest absolute Gasteiger partial charge is 0.229 e. The molecule has 0 saturated heterocycles. The molecule has 0 atom stereocenters. The van der Waals surface area contributed by atoms with Gasteiger partial charge in [0.15, 0.2) is 5.84 Å². The lowest BCUT2D eigenvalue weighted by Gasteiger charge is -2.35. The Morgan fingerprint density at radius 1 is 1.32 bits per heavy atom. The number of rotatable bonds is 4. The number of hydrogen-bond acceptors (Lipinski definition) is 3. The molecule has 1 amide bonds. The molecule has 2 rings (SSSR count). The van der Waals surface area contributed by atoms with Gasteiger partial charge in [-0.1, -0.05) is 37.8 Å². The van der Waals surface area contributed by atoms with Crippen molar-refractivity contribution in [3.63, 3.8) is 0 Å². The van der Waals surface area contributed by atoms with Gasteiger partial charge in [0.2, 0.25) is 5.91 Å². The number of carbonyl (C=O) groups excluding carboxylic acids is 1. The van der Waals surface area contributed by atoms with E-state index >= 15 is 0 Å². The van der Waals surface area contributed by atoms with Gasteiger partial charge in [0.1, 0.15) is 0 Å². The Kier molecular flexibility index (Phi) is 4.32. The zero-order chi connectivity index (χ0) is 13.9. The fourth-order valence-corrected chi connectivity index (χ4v) is 3.50. The molecule has 0 heterocycles. The highest BCUT2D eigenvalue weighted by Gasteiger charge is 2.41. The summed E-state index contributed by atoms with van der Waals surface area (Å²) in [5.74, 6) is 0.324. The van der Waals surface area contributed by atoms with E-state index < -0.39 is 0 Å². The lowest BCUT2D eigenvalue weighted by atomic mass is 9.86. The van der Waals surface area contributed by atoms with Crippen LogP contribution in [0.3, 0.4) is 0 Å². The molecular weight excluding hydrogens is 242 g/mol. The van der Waals surface area contributed by atoms with E-state index in [1.54, 1.807) is 0 Å². The Labute approximate surface area is 114 Å². The fourth-order valence-electron chi connectivity index (χ4n) is 3.50. The van der Waals surface area contributed by atoms with Crippen LogP contribution in [-0.2, 0) is 4.79 Å². The Morgan fingerprint density at radius 3 is 2.42 bits per heavy atom. The molecule has 2 aliphatic carbocycles. The molecule has 0 radical (unpaired) electrons. The summed E-state index contributed by atoms with van der Waals surface area (Å²) in [7, 11) is 0. The van der Waals surface area contributed by atoms with Crippen molar-refractivity contribution in [2.75, 3.05) is 6.54 Å². The molecule has 0 aromatic heterocycles. The largest absolute Gasteiger partial charge is 0.409 e. The lowest BCUT2D eigenvalue weighted by Crippen LogP contribution is -2.49. The van der Waals surface area contributed by atoms with Crippen LogP contribution >= 0.6 is 0 Å². The molecule has 19 heavy (non-hydrogen) atoms. The third-order valence-corrected chi connectivity index (χ3v) is 4.71. The lowest BCUT2D eigenvalue weighted by molar-refractivity contribution is -0.142. The van der Waals surface area contributed by atoms with Crippen molar-refractivity contribution in [1.82, 2.24) is 4.90 Å². The first-order valence-electron chi connectivity index (χ1n) is 7.34. The van der Waals surface area contributed by atoms with Crippen molar-refractivity contribution in [3.8, 4) is 0 Å². The van der Waals surface area contributed by atoms with Gasteiger partial charge in [0.25, 0.3) is 0 Å². The fraction of sp³-hybridized carbons (Fsp3) is 0.857. The van der Waals surface area contributed by atoms with E-state index in [0.29, 0.717) is 0 Å². The zero-order valence-electron chi connectivity index (χ0n) is 11.8. The predicted octanol–water partition coefficient (Wildman–Crippen LogP) is 2.08. The number of oxime groups is 1. The van der Waals surface area contributed by atoms with Gasteiger partial charge in [-0.3, -0.25) is 4.79 Å². The summed E-state index contributed by atoms with van der Waals surface area (Å²) in [6.07, 6.45) is 8.61. The van der Waals surface area contributed by atoms with Crippen LogP contribution in [0.4, 0.5) is 0 Å². The summed E-state index contributed by atoms with van der Waals surface area (Å²) in [6.45, 7) is 2.33. The summed E-state index contributed by atoms with van der Waals surface area (Å²) in [6, 6.07) is 0.269. The third kappa shape index (κ3) is 3.01. The first kappa shape index (κ1) is 14.2. The molecular formula is C14H25N3O2. The van der Waals surface area contributed by atoms with Crippen LogP contribution in [-0.4, -0.2) is 34.4 Å². The molecule has 2 aliphatic rings. The molecule has 0 unspecified atom stereocenters. The van der Waals surface area contributed by atoms with Gasteiger partial charge in [-0.25, -0.2) is 0 Å². The highest BCUT2D eigenvalue weighted by Crippen LogP contribution is 2.40. The van der Waals surface area contributed by atoms with Crippen molar-refractivity contribution in [1.29, 1.82) is 0 Å². The summed E-state index contributed by atoms with van der Waals surface area (Å²) in [5.41, 5.74) is 5.39. The van der Waals surface area contributed by atoms with Crippen molar-refractivity contribution < 1.29 is 10.0 Å². The summed E-state index contributed by atoms with van der Waals surface area (Å²) in [4.78, 5) is 14.7. The van der Waals surface area contributed by atoms with E-state index in [9.17, 15) is 4.79 Å². The second kappa shape index (κ2) is 5.80. The quantitative estimate of drug-likeness (QED) is 0.354. The minimum atomic E-state index is -0.238. The minimum absolute atomic E-state index is 0.127. The van der Waals surface area contributed by atoms with Crippen LogP contribution in [0, 0.1) is 5.41 Å². The van der Waals surface area contributed by atoms with E-state index in [1.807, 2.05) is 4.90 Å². The molecule has 0 aromatic rings. The number of carbonyl (C=O) groups is 1. The van der Waals surface area contributed by atoms with Crippen molar-refractivity contribution in [2.24, 2.45) is 16.3 Å². The third-order valence-electron chi connectivity index (χ3n) is 4.71. The normalized spacial score (nSPS) is 23.7. The predicted molar refractivity (Wildman–Crippen MR) is 74.0 cm³/mol. The topological polar surface area (TPSA) is 78.9 Å². The van der Waals surface area contributed by atoms with Gasteiger partial charge >= 0.3 is 0 Å². The van der Waals surface area contributed by atoms with E-state index in [1.165, 1.54) is 12.8 Å². The van der Waals surface area contributed by atoms with Gasteiger partial charge in [-0.05, 0) is 25.7 Å². The average molecular weight is 267 g/mol. The van der Waals surface area contributed by atoms with Gasteiger partial charge < -0.3 is 15.8 Å². The van der Waals surface area contributed by atoms with Crippen LogP contribution < -0.4 is 5.73 Å². The van der Waals surface area contributed by atoms with Crippen LogP contribution in [0.1, 0.15) is 58.3 Å². The van der Waals surface area contributed by atoms with Crippen LogP contribution in [0.25, 0.3) is 0 Å². The molecule has 3 N–H and O–H groups in total. The van der Waals surface area contributed by atoms with Crippen molar-refractivity contribution >= 4 is 11.7 Å². The maximum Gasteiger partial charge on any atom is 0.229 e. The Bertz CT molecular complexity index is 356. The maximum absolute atomic E-state index is 12.8. The van der Waals surface area contributed by atoms with Gasteiger partial charge in [0.05, 0.1) is 6.54 Å². The highest BCUT2D eigenvalue weighted by molar-refractivity contribution is 5.89. The maximum atomic E-state index is 12.8. The summed E-state index contributed by atoms with van der Waals surface area (Å²) in [5, 5.41) is 11.8. The SMILES string of the molecule is CC1(C(=O)N(CC(N)=NO)C2CCCC2)CCCC1. The second-order valence-electron chi connectivity index (χ2n) is 6.23. The van der Waals surface area contributed by atoms with E-state index in [4.69, 9.17) is 10.9 Å². The number of nitrogens with two attached hydrogens (primary N) is 1. The van der Waals surface area contributed by atoms with Crippen molar-refractivity contribution in [2.45, 2.75) is 64.3 Å². The van der Waals surface area contributed by atoms with E-state index in [0.717, 1.165) is 38.5 Å². The van der Waals surface area contributed by atoms with Gasteiger partial charge in [-0.15, -0.1) is 0 Å². The Hall–Kier alpha value is -1.26. The molecule has 5 nitrogen and oxygen atoms in total. The summed E-state index contributed by atoms with van der Waals surface area (Å²) < 4.78 is 0. The number of amides is 1. The molecule has 0 spiro atoms. The molecule has 108 valence electrons. The molecule has 5 heteroatoms. The van der Waals surface area contributed by atoms with E-state index in [2.05, 4.69) is 12.1 Å². The molecule has 2 fully saturated rings. The highest BCUT2D eigenvalue weighted by atomic mass is 16.4. The molecule has 2 saturated carbocycles. The van der Waals surface area contributed by atoms with E-state index in [-0.39, 0.29) is 29.7 Å². The Morgan fingerprint density at radius 2 is 1.89 bits per heavy atom. The minimum Gasteiger partial charge on any atom is -0.409 e. The number of nitrogens with zero attached hydrogens (tertiary/aromatic N) is 2.